The summed E-state index contributed by atoms with van der Waals surface area (Å²) in [4.78, 5) is 11.9. The zero-order valence-corrected chi connectivity index (χ0v) is 21.9. The molecule has 2 N–H and O–H groups in total. The Morgan fingerprint density at radius 1 is 1.11 bits per heavy atom. The first-order chi connectivity index (χ1) is 18.3. The first-order valence-corrected chi connectivity index (χ1v) is 13.8. The maximum atomic E-state index is 5.13. The molecule has 0 amide bonds. The fourth-order valence-electron chi connectivity index (χ4n) is 5.31. The van der Waals surface area contributed by atoms with E-state index in [9.17, 15) is 0 Å². The van der Waals surface area contributed by atoms with Crippen LogP contribution in [0.25, 0.3) is 21.1 Å². The van der Waals surface area contributed by atoms with E-state index in [2.05, 4.69) is 72.8 Å². The van der Waals surface area contributed by atoms with E-state index in [0.717, 1.165) is 72.2 Å². The van der Waals surface area contributed by atoms with Gasteiger partial charge in [0.1, 0.15) is 17.0 Å². The van der Waals surface area contributed by atoms with E-state index < -0.39 is 0 Å². The van der Waals surface area contributed by atoms with Crippen LogP contribution in [0.2, 0.25) is 0 Å². The van der Waals surface area contributed by atoms with Gasteiger partial charge in [0.05, 0.1) is 30.3 Å². The molecule has 1 unspecified atom stereocenters. The van der Waals surface area contributed by atoms with Gasteiger partial charge in [-0.1, -0.05) is 30.3 Å². The van der Waals surface area contributed by atoms with Crippen molar-refractivity contribution in [2.75, 3.05) is 32.1 Å². The molecule has 3 aromatic heterocycles. The van der Waals surface area contributed by atoms with Crippen molar-refractivity contribution in [1.82, 2.24) is 25.1 Å². The molecular weight excluding hydrogens is 480 g/mol. The SMILES string of the molecule is COCCNCCC1CCc2c(sc3ncnc(Nc4ccc5c(cnn5Cc5ccccc5)c4)c23)C1. The van der Waals surface area contributed by atoms with Gasteiger partial charge < -0.3 is 15.4 Å². The number of aryl methyl sites for hydroxylation is 1. The molecule has 1 atom stereocenters. The predicted octanol–water partition coefficient (Wildman–Crippen LogP) is 5.56. The van der Waals surface area contributed by atoms with Crippen LogP contribution in [-0.2, 0) is 24.1 Å². The van der Waals surface area contributed by atoms with Crippen molar-refractivity contribution in [3.8, 4) is 0 Å². The minimum Gasteiger partial charge on any atom is -0.383 e. The fourth-order valence-corrected chi connectivity index (χ4v) is 6.61. The van der Waals surface area contributed by atoms with Crippen molar-refractivity contribution in [3.05, 3.63) is 77.1 Å². The normalized spacial score (nSPS) is 15.3. The average molecular weight is 513 g/mol. The van der Waals surface area contributed by atoms with Crippen molar-refractivity contribution < 1.29 is 4.74 Å². The number of ether oxygens (including phenoxy) is 1. The molecule has 5 aromatic rings. The highest BCUT2D eigenvalue weighted by molar-refractivity contribution is 7.19. The van der Waals surface area contributed by atoms with E-state index in [0.29, 0.717) is 0 Å². The first kappa shape index (κ1) is 24.0. The zero-order valence-electron chi connectivity index (χ0n) is 21.1. The number of nitrogens with one attached hydrogen (secondary N) is 2. The average Bonchev–Trinajstić information content (AvgIpc) is 3.50. The maximum Gasteiger partial charge on any atom is 0.142 e. The Morgan fingerprint density at radius 2 is 2.03 bits per heavy atom. The molecule has 1 aliphatic rings. The van der Waals surface area contributed by atoms with E-state index in [-0.39, 0.29) is 0 Å². The van der Waals surface area contributed by atoms with Crippen LogP contribution < -0.4 is 10.6 Å². The number of hydrogen-bond donors (Lipinski definition) is 2. The molecular formula is C29H32N6OS. The van der Waals surface area contributed by atoms with Crippen molar-refractivity contribution in [1.29, 1.82) is 0 Å². The Labute approximate surface area is 220 Å². The number of methoxy groups -OCH3 is 1. The van der Waals surface area contributed by atoms with Crippen LogP contribution >= 0.6 is 11.3 Å². The van der Waals surface area contributed by atoms with Gasteiger partial charge in [-0.25, -0.2) is 9.97 Å². The van der Waals surface area contributed by atoms with Crippen LogP contribution in [0.5, 0.6) is 0 Å². The third-order valence-corrected chi connectivity index (χ3v) is 8.40. The number of nitrogens with zero attached hydrogens (tertiary/aromatic N) is 4. The summed E-state index contributed by atoms with van der Waals surface area (Å²) >= 11 is 1.84. The number of thiophene rings is 1. The molecule has 6 rings (SSSR count). The third kappa shape index (κ3) is 5.23. The van der Waals surface area contributed by atoms with Gasteiger partial charge in [-0.2, -0.15) is 5.10 Å². The second-order valence-electron chi connectivity index (χ2n) is 9.73. The van der Waals surface area contributed by atoms with Gasteiger partial charge in [0.15, 0.2) is 0 Å². The molecule has 0 spiro atoms. The van der Waals surface area contributed by atoms with E-state index in [1.54, 1.807) is 13.4 Å². The summed E-state index contributed by atoms with van der Waals surface area (Å²) in [5.41, 5.74) is 4.81. The Balaban J connectivity index is 1.19. The lowest BCUT2D eigenvalue weighted by atomic mass is 9.86. The van der Waals surface area contributed by atoms with Crippen LogP contribution in [0.1, 0.15) is 28.8 Å². The van der Waals surface area contributed by atoms with Gasteiger partial charge in [-0.3, -0.25) is 4.68 Å². The molecule has 0 radical (unpaired) electrons. The van der Waals surface area contributed by atoms with E-state index in [1.807, 2.05) is 23.6 Å². The lowest BCUT2D eigenvalue weighted by Gasteiger charge is -2.22. The van der Waals surface area contributed by atoms with Gasteiger partial charge >= 0.3 is 0 Å². The Morgan fingerprint density at radius 3 is 2.92 bits per heavy atom. The summed E-state index contributed by atoms with van der Waals surface area (Å²) < 4.78 is 7.18. The van der Waals surface area contributed by atoms with Gasteiger partial charge in [0.25, 0.3) is 0 Å². The highest BCUT2D eigenvalue weighted by atomic mass is 32.1. The number of anilines is 2. The van der Waals surface area contributed by atoms with Gasteiger partial charge in [-0.15, -0.1) is 11.3 Å². The second-order valence-corrected chi connectivity index (χ2v) is 10.8. The Kier molecular flexibility index (Phi) is 7.12. The molecule has 37 heavy (non-hydrogen) atoms. The highest BCUT2D eigenvalue weighted by Crippen LogP contribution is 2.41. The van der Waals surface area contributed by atoms with Gasteiger partial charge in [-0.05, 0) is 67.5 Å². The number of benzene rings is 2. The van der Waals surface area contributed by atoms with Crippen LogP contribution in [-0.4, -0.2) is 46.6 Å². The van der Waals surface area contributed by atoms with Crippen LogP contribution in [0, 0.1) is 5.92 Å². The summed E-state index contributed by atoms with van der Waals surface area (Å²) in [6, 6.07) is 16.8. The number of fused-ring (bicyclic) bond motifs is 4. The molecule has 0 saturated heterocycles. The minimum atomic E-state index is 0.717. The summed E-state index contributed by atoms with van der Waals surface area (Å²) in [5, 5.41) is 14.0. The maximum absolute atomic E-state index is 5.13. The summed E-state index contributed by atoms with van der Waals surface area (Å²) in [6.07, 6.45) is 8.26. The zero-order chi connectivity index (χ0) is 25.0. The quantitative estimate of drug-likeness (QED) is 0.239. The molecule has 8 heteroatoms. The molecule has 0 fully saturated rings. The number of hydrogen-bond acceptors (Lipinski definition) is 7. The second kappa shape index (κ2) is 11.0. The Bertz CT molecular complexity index is 1490. The molecule has 3 heterocycles. The molecule has 0 aliphatic heterocycles. The number of rotatable bonds is 10. The van der Waals surface area contributed by atoms with E-state index in [1.165, 1.54) is 34.2 Å². The topological polar surface area (TPSA) is 76.9 Å². The monoisotopic (exact) mass is 512 g/mol. The molecule has 7 nitrogen and oxygen atoms in total. The third-order valence-electron chi connectivity index (χ3n) is 7.24. The summed E-state index contributed by atoms with van der Waals surface area (Å²) in [7, 11) is 1.75. The van der Waals surface area contributed by atoms with Gasteiger partial charge in [0, 0.05) is 29.6 Å². The first-order valence-electron chi connectivity index (χ1n) is 13.0. The lowest BCUT2D eigenvalue weighted by molar-refractivity contribution is 0.198. The van der Waals surface area contributed by atoms with Crippen molar-refractivity contribution in [2.24, 2.45) is 5.92 Å². The van der Waals surface area contributed by atoms with Crippen molar-refractivity contribution in [3.63, 3.8) is 0 Å². The molecule has 0 saturated carbocycles. The molecule has 1 aliphatic carbocycles. The van der Waals surface area contributed by atoms with Crippen molar-refractivity contribution in [2.45, 2.75) is 32.2 Å². The number of aromatic nitrogens is 4. The van der Waals surface area contributed by atoms with Crippen LogP contribution in [0.15, 0.2) is 61.1 Å². The highest BCUT2D eigenvalue weighted by Gasteiger charge is 2.25. The predicted molar refractivity (Wildman–Crippen MR) is 151 cm³/mol. The molecule has 190 valence electrons. The Hall–Kier alpha value is -3.33. The summed E-state index contributed by atoms with van der Waals surface area (Å²) in [6.45, 7) is 3.49. The largest absolute Gasteiger partial charge is 0.383 e. The molecule has 2 aromatic carbocycles. The minimum absolute atomic E-state index is 0.717. The fraction of sp³-hybridized carbons (Fsp3) is 0.345. The smallest absolute Gasteiger partial charge is 0.142 e. The van der Waals surface area contributed by atoms with E-state index >= 15 is 0 Å². The van der Waals surface area contributed by atoms with Crippen LogP contribution in [0.3, 0.4) is 0 Å². The standard InChI is InChI=1S/C29H32N6OS/c1-36-14-13-30-12-11-20-7-9-24-26(15-20)37-29-27(24)28(31-19-32-29)34-23-8-10-25-22(16-23)17-33-35(25)18-21-5-3-2-4-6-21/h2-6,8,10,16-17,19-20,30H,7,9,11-15,18H2,1H3,(H,31,32,34). The van der Waals surface area contributed by atoms with Gasteiger partial charge in [0.2, 0.25) is 0 Å². The van der Waals surface area contributed by atoms with E-state index in [4.69, 9.17) is 4.74 Å². The lowest BCUT2D eigenvalue weighted by Crippen LogP contribution is -2.24. The molecule has 0 bridgehead atoms. The summed E-state index contributed by atoms with van der Waals surface area (Å²) in [5.74, 6) is 1.62. The van der Waals surface area contributed by atoms with Crippen molar-refractivity contribution >= 4 is 44.0 Å². The van der Waals surface area contributed by atoms with Crippen LogP contribution in [0.4, 0.5) is 11.5 Å².